The van der Waals surface area contributed by atoms with E-state index in [1.165, 1.54) is 0 Å². The van der Waals surface area contributed by atoms with Gasteiger partial charge in [0.05, 0.1) is 58.0 Å². The summed E-state index contributed by atoms with van der Waals surface area (Å²) in [4.78, 5) is 85.4. The number of carbonyl (C=O) groups is 4. The number of hydrogen-bond acceptors (Lipinski definition) is 16. The van der Waals surface area contributed by atoms with Crippen LogP contribution in [0.15, 0.2) is 82.4 Å². The number of nitrogens with zero attached hydrogens (tertiary/aromatic N) is 4. The number of aliphatic carboxylic acids is 1. The second-order valence-corrected chi connectivity index (χ2v) is 19.2. The van der Waals surface area contributed by atoms with Gasteiger partial charge >= 0.3 is 23.9 Å². The zero-order valence-corrected chi connectivity index (χ0v) is 43.3. The van der Waals surface area contributed by atoms with Gasteiger partial charge < -0.3 is 54.8 Å². The molecule has 0 aliphatic carbocycles. The second kappa shape index (κ2) is 23.2. The number of carbonyl (C=O) groups excluding carboxylic acids is 3. The molecule has 4 aliphatic rings. The minimum Gasteiger partial charge on any atom is -0.480 e. The highest BCUT2D eigenvalue weighted by molar-refractivity contribution is 5.90. The Hall–Kier alpha value is -7.16. The van der Waals surface area contributed by atoms with E-state index in [4.69, 9.17) is 29.3 Å². The molecule has 396 valence electrons. The zero-order valence-electron chi connectivity index (χ0n) is 43.3. The van der Waals surface area contributed by atoms with Crippen molar-refractivity contribution >= 4 is 45.7 Å². The molecular weight excluding hydrogens is 961 g/mol. The van der Waals surface area contributed by atoms with Gasteiger partial charge in [0.15, 0.2) is 5.60 Å². The maximum absolute atomic E-state index is 13.6. The van der Waals surface area contributed by atoms with Crippen LogP contribution in [0.1, 0.15) is 98.6 Å². The molecule has 19 heteroatoms. The van der Waals surface area contributed by atoms with E-state index in [0.29, 0.717) is 65.3 Å². The summed E-state index contributed by atoms with van der Waals surface area (Å²) in [6.45, 7) is 5.80. The number of aromatic nitrogens is 4. The number of fused-ring (bicyclic) bond motifs is 10. The number of likely N-dealkylation sites (N-methyl/N-ethyl adjacent to an activating group) is 2. The van der Waals surface area contributed by atoms with Crippen molar-refractivity contribution in [3.05, 3.63) is 127 Å². The van der Waals surface area contributed by atoms with E-state index in [-0.39, 0.29) is 43.2 Å². The van der Waals surface area contributed by atoms with Crippen LogP contribution in [-0.4, -0.2) is 107 Å². The first-order valence-corrected chi connectivity index (χ1v) is 25.7. The molecule has 0 saturated heterocycles. The fourth-order valence-corrected chi connectivity index (χ4v) is 10.3. The molecule has 4 aromatic heterocycles. The van der Waals surface area contributed by atoms with Gasteiger partial charge in [-0.25, -0.2) is 19.6 Å². The quantitative estimate of drug-likeness (QED) is 0.0409. The summed E-state index contributed by atoms with van der Waals surface area (Å²) in [6, 6.07) is 22.2. The number of aliphatic hydroxyl groups is 1. The Morgan fingerprint density at radius 2 is 1.15 bits per heavy atom. The largest absolute Gasteiger partial charge is 0.480 e. The molecule has 0 bridgehead atoms. The fraction of sp³-hybridized carbons (Fsp3) is 0.429. The van der Waals surface area contributed by atoms with E-state index in [2.05, 4.69) is 21.3 Å². The summed E-state index contributed by atoms with van der Waals surface area (Å²) in [7, 11) is 7.15. The second-order valence-electron chi connectivity index (χ2n) is 19.2. The van der Waals surface area contributed by atoms with Crippen molar-refractivity contribution in [3.63, 3.8) is 0 Å². The van der Waals surface area contributed by atoms with Gasteiger partial charge in [0.1, 0.15) is 25.3 Å². The van der Waals surface area contributed by atoms with Crippen LogP contribution in [-0.2, 0) is 70.9 Å². The summed E-state index contributed by atoms with van der Waals surface area (Å²) in [5.74, 6) is -2.66. The lowest BCUT2D eigenvalue weighted by atomic mass is 9.85. The van der Waals surface area contributed by atoms with Crippen molar-refractivity contribution in [2.45, 2.75) is 115 Å². The topological polar surface area (TPSA) is 254 Å². The first kappa shape index (κ1) is 54.1. The van der Waals surface area contributed by atoms with Crippen molar-refractivity contribution in [2.24, 2.45) is 0 Å². The molecule has 0 amide bonds. The van der Waals surface area contributed by atoms with Crippen LogP contribution in [0, 0.1) is 0 Å². The van der Waals surface area contributed by atoms with Gasteiger partial charge in [-0.05, 0) is 116 Å². The van der Waals surface area contributed by atoms with E-state index in [9.17, 15) is 33.9 Å². The maximum Gasteiger partial charge on any atom is 0.355 e. The first-order valence-electron chi connectivity index (χ1n) is 25.7. The number of pyridine rings is 4. The van der Waals surface area contributed by atoms with Crippen molar-refractivity contribution < 1.29 is 43.6 Å². The number of unbranched alkanes of at least 4 members (excludes halogenated alkanes) is 2. The standard InChI is InChI=1S/C28H32N4O5.C20H16N2O4.C8H18N2O2/c1-4-28(37-26(34)22(30-3)11-7-8-12-29-2)20-14-23-24-18(13-17-9-5-6-10-21(17)31-24)15-32(23)25(33)19(20)16-36-27(28)35;1-2-20(25)14-8-16-17-12(7-11-5-3-4-6-15(11)21-17)9-22(16)18(23)13(14)10-26-19(20)24;1-9-6-4-3-5-7(10-2)8(11)12/h5-6,9-10,13-14,22,29-30H,4,7-8,11-12,15-16H2,1-3H3;3-8,25H,2,9-10H2,1H3;7,9-10H,3-6H2,1-2H3,(H,11,12)/t22-,28-;20-;7-/m000/s1. The smallest absolute Gasteiger partial charge is 0.355 e. The number of rotatable bonds is 17. The maximum atomic E-state index is 13.6. The van der Waals surface area contributed by atoms with E-state index in [1.54, 1.807) is 49.2 Å². The molecular formula is C56H66N8O11. The van der Waals surface area contributed by atoms with Crippen LogP contribution in [0.2, 0.25) is 0 Å². The van der Waals surface area contributed by atoms with Gasteiger partial charge in [-0.2, -0.15) is 0 Å². The summed E-state index contributed by atoms with van der Waals surface area (Å²) < 4.78 is 19.8. The van der Waals surface area contributed by atoms with Gasteiger partial charge in [0.2, 0.25) is 5.60 Å². The number of hydrogen-bond donors (Lipinski definition) is 6. The molecule has 0 spiro atoms. The van der Waals surface area contributed by atoms with Crippen molar-refractivity contribution in [1.29, 1.82) is 0 Å². The molecule has 0 unspecified atom stereocenters. The molecule has 8 heterocycles. The Bertz CT molecular complexity index is 3280. The Labute approximate surface area is 434 Å². The van der Waals surface area contributed by atoms with E-state index >= 15 is 0 Å². The lowest BCUT2D eigenvalue weighted by molar-refractivity contribution is -0.190. The van der Waals surface area contributed by atoms with E-state index in [1.807, 2.05) is 74.8 Å². The molecule has 19 nitrogen and oxygen atoms in total. The number of carboxylic acids is 1. The van der Waals surface area contributed by atoms with Crippen LogP contribution in [0.4, 0.5) is 0 Å². The van der Waals surface area contributed by atoms with Crippen molar-refractivity contribution in [3.8, 4) is 22.8 Å². The molecule has 0 fully saturated rings. The normalized spacial score (nSPS) is 18.3. The van der Waals surface area contributed by atoms with Crippen LogP contribution in [0.3, 0.4) is 0 Å². The predicted molar refractivity (Wildman–Crippen MR) is 282 cm³/mol. The van der Waals surface area contributed by atoms with Crippen molar-refractivity contribution in [2.75, 3.05) is 41.3 Å². The van der Waals surface area contributed by atoms with Gasteiger partial charge in [-0.3, -0.25) is 19.2 Å². The summed E-state index contributed by atoms with van der Waals surface area (Å²) in [5.41, 5.74) is 3.66. The third-order valence-electron chi connectivity index (χ3n) is 14.7. The van der Waals surface area contributed by atoms with Crippen LogP contribution >= 0.6 is 0 Å². The number of para-hydroxylation sites is 2. The molecule has 4 atom stereocenters. The van der Waals surface area contributed by atoms with Crippen LogP contribution in [0.5, 0.6) is 0 Å². The lowest BCUT2D eigenvalue weighted by Gasteiger charge is -2.36. The summed E-state index contributed by atoms with van der Waals surface area (Å²) in [6.07, 6.45) is 5.24. The lowest BCUT2D eigenvalue weighted by Crippen LogP contribution is -2.50. The highest BCUT2D eigenvalue weighted by Gasteiger charge is 2.51. The summed E-state index contributed by atoms with van der Waals surface area (Å²) in [5, 5.41) is 33.4. The molecule has 4 aliphatic heterocycles. The minimum absolute atomic E-state index is 0.110. The third-order valence-corrected chi connectivity index (χ3v) is 14.7. The van der Waals surface area contributed by atoms with Gasteiger partial charge in [0, 0.05) is 33.0 Å². The Balaban J connectivity index is 0.000000170. The zero-order chi connectivity index (χ0) is 53.6. The molecule has 0 saturated carbocycles. The first-order chi connectivity index (χ1) is 36.2. The highest BCUT2D eigenvalue weighted by atomic mass is 16.6. The third kappa shape index (κ3) is 10.5. The van der Waals surface area contributed by atoms with Gasteiger partial charge in [0.25, 0.3) is 11.1 Å². The van der Waals surface area contributed by atoms with E-state index < -0.39 is 41.1 Å². The van der Waals surface area contributed by atoms with Crippen LogP contribution < -0.4 is 32.4 Å². The van der Waals surface area contributed by atoms with Gasteiger partial charge in [-0.15, -0.1) is 0 Å². The minimum atomic E-state index is -1.79. The SMILES string of the molecule is CC[C@@]1(O)C(=O)OCc2c1cc1n(c2=O)Cc2cc3ccccc3nc2-1.CC[C@@]1(OC(=O)[C@H](CCCCNC)NC)C(=O)OCc2c1cc1n(c2=O)Cc2cc3ccccc3nc2-1.CNCCCC[C@H](NC)C(=O)O. The molecule has 75 heavy (non-hydrogen) atoms. The van der Waals surface area contributed by atoms with Crippen LogP contribution in [0.25, 0.3) is 44.6 Å². The molecule has 6 N–H and O–H groups in total. The molecule has 0 radical (unpaired) electrons. The molecule has 2 aromatic carbocycles. The number of nitrogens with one attached hydrogen (secondary N) is 4. The Morgan fingerprint density at radius 1 is 0.667 bits per heavy atom. The number of carboxylic acid groups (broad SMARTS) is 1. The molecule has 10 rings (SSSR count). The molecule has 6 aromatic rings. The fourth-order valence-electron chi connectivity index (χ4n) is 10.3. The van der Waals surface area contributed by atoms with Crippen molar-refractivity contribution in [1.82, 2.24) is 40.4 Å². The average molecular weight is 1030 g/mol. The van der Waals surface area contributed by atoms with E-state index in [0.717, 1.165) is 77.4 Å². The monoisotopic (exact) mass is 1030 g/mol. The number of benzene rings is 2. The summed E-state index contributed by atoms with van der Waals surface area (Å²) >= 11 is 0. The Morgan fingerprint density at radius 3 is 1.63 bits per heavy atom. The Kier molecular flexibility index (Phi) is 16.7. The predicted octanol–water partition coefficient (Wildman–Crippen LogP) is 4.74. The number of esters is 3. The highest BCUT2D eigenvalue weighted by Crippen LogP contribution is 2.42. The number of cyclic esters (lactones) is 2. The van der Waals surface area contributed by atoms with Gasteiger partial charge in [-0.1, -0.05) is 63.1 Å². The number of ether oxygens (including phenoxy) is 3. The average Bonchev–Trinajstić information content (AvgIpc) is 3.97.